The molecule has 0 radical (unpaired) electrons. The topological polar surface area (TPSA) is 92.6 Å². The molecule has 7 nitrogen and oxygen atoms in total. The van der Waals surface area contributed by atoms with Gasteiger partial charge in [-0.15, -0.1) is 0 Å². The number of rotatable bonds is 8. The second kappa shape index (κ2) is 10.4. The Morgan fingerprint density at radius 1 is 0.903 bits per heavy atom. The van der Waals surface area contributed by atoms with Crippen molar-refractivity contribution in [2.45, 2.75) is 0 Å². The largest absolute Gasteiger partial charge is 0.497 e. The highest BCUT2D eigenvalue weighted by Crippen LogP contribution is 2.29. The first-order valence-electron chi connectivity index (χ1n) is 9.36. The smallest absolute Gasteiger partial charge is 0.267 e. The number of carbonyl (C=O) groups excluding carboxylic acids is 1. The van der Waals surface area contributed by atoms with Gasteiger partial charge in [0.1, 0.15) is 34.6 Å². The van der Waals surface area contributed by atoms with Gasteiger partial charge in [0.05, 0.1) is 19.9 Å². The number of nitriles is 1. The molecule has 2 N–H and O–H groups in total. The van der Waals surface area contributed by atoms with E-state index in [2.05, 4.69) is 10.6 Å². The maximum Gasteiger partial charge on any atom is 0.267 e. The molecule has 0 bridgehead atoms. The Balaban J connectivity index is 1.66. The molecule has 3 rings (SSSR count). The number of benzene rings is 3. The first-order chi connectivity index (χ1) is 15.1. The number of hydrogen-bond donors (Lipinski definition) is 2. The van der Waals surface area contributed by atoms with E-state index in [-0.39, 0.29) is 5.57 Å². The van der Waals surface area contributed by atoms with Crippen LogP contribution >= 0.6 is 0 Å². The number of hydrogen-bond acceptors (Lipinski definition) is 6. The highest BCUT2D eigenvalue weighted by molar-refractivity contribution is 6.07. The minimum atomic E-state index is -0.578. The van der Waals surface area contributed by atoms with Crippen LogP contribution in [0.2, 0.25) is 0 Å². The van der Waals surface area contributed by atoms with E-state index in [0.29, 0.717) is 28.6 Å². The Morgan fingerprint density at radius 2 is 1.58 bits per heavy atom. The van der Waals surface area contributed by atoms with Crippen LogP contribution in [0.5, 0.6) is 23.0 Å². The molecule has 3 aromatic carbocycles. The summed E-state index contributed by atoms with van der Waals surface area (Å²) in [5.74, 6) is 1.83. The number of amides is 1. The van der Waals surface area contributed by atoms with Gasteiger partial charge in [0.2, 0.25) is 0 Å². The zero-order valence-corrected chi connectivity index (χ0v) is 17.1. The van der Waals surface area contributed by atoms with Crippen LogP contribution in [-0.2, 0) is 4.79 Å². The maximum absolute atomic E-state index is 12.5. The highest BCUT2D eigenvalue weighted by Gasteiger charge is 2.13. The molecule has 0 spiro atoms. The lowest BCUT2D eigenvalue weighted by atomic mass is 10.2. The van der Waals surface area contributed by atoms with Gasteiger partial charge in [0.25, 0.3) is 5.91 Å². The van der Waals surface area contributed by atoms with Gasteiger partial charge in [0, 0.05) is 18.0 Å². The molecule has 3 aromatic rings. The van der Waals surface area contributed by atoms with Crippen LogP contribution in [0.4, 0.5) is 11.4 Å². The van der Waals surface area contributed by atoms with Gasteiger partial charge in [-0.1, -0.05) is 18.2 Å². The van der Waals surface area contributed by atoms with Crippen LogP contribution in [0.1, 0.15) is 0 Å². The Bertz CT molecular complexity index is 1100. The van der Waals surface area contributed by atoms with E-state index in [0.717, 1.165) is 5.75 Å². The lowest BCUT2D eigenvalue weighted by molar-refractivity contribution is -0.112. The van der Waals surface area contributed by atoms with Gasteiger partial charge in [-0.05, 0) is 48.5 Å². The van der Waals surface area contributed by atoms with E-state index < -0.39 is 5.91 Å². The normalized spacial score (nSPS) is 10.5. The van der Waals surface area contributed by atoms with Gasteiger partial charge in [-0.2, -0.15) is 5.26 Å². The summed E-state index contributed by atoms with van der Waals surface area (Å²) in [6.07, 6.45) is 1.34. The summed E-state index contributed by atoms with van der Waals surface area (Å²) in [5.41, 5.74) is 0.991. The Labute approximate surface area is 180 Å². The minimum Gasteiger partial charge on any atom is -0.497 e. The molecule has 0 aliphatic heterocycles. The lowest BCUT2D eigenvalue weighted by Crippen LogP contribution is -2.15. The van der Waals surface area contributed by atoms with Crippen molar-refractivity contribution in [3.63, 3.8) is 0 Å². The quantitative estimate of drug-likeness (QED) is 0.399. The Hall–Kier alpha value is -4.44. The molecule has 1 amide bonds. The van der Waals surface area contributed by atoms with Crippen molar-refractivity contribution < 1.29 is 19.0 Å². The van der Waals surface area contributed by atoms with E-state index in [1.165, 1.54) is 20.4 Å². The summed E-state index contributed by atoms with van der Waals surface area (Å²) in [6.45, 7) is 0. The van der Waals surface area contributed by atoms with Crippen molar-refractivity contribution in [3.05, 3.63) is 84.6 Å². The predicted molar refractivity (Wildman–Crippen MR) is 118 cm³/mol. The second-order valence-electron chi connectivity index (χ2n) is 6.27. The van der Waals surface area contributed by atoms with Gasteiger partial charge in [-0.25, -0.2) is 0 Å². The van der Waals surface area contributed by atoms with Crippen LogP contribution in [0.3, 0.4) is 0 Å². The monoisotopic (exact) mass is 415 g/mol. The highest BCUT2D eigenvalue weighted by atomic mass is 16.5. The molecule has 156 valence electrons. The maximum atomic E-state index is 12.5. The zero-order valence-electron chi connectivity index (χ0n) is 17.1. The Kier molecular flexibility index (Phi) is 7.12. The van der Waals surface area contributed by atoms with E-state index in [4.69, 9.17) is 14.2 Å². The minimum absolute atomic E-state index is 0.102. The van der Waals surface area contributed by atoms with Crippen LogP contribution in [0, 0.1) is 11.3 Å². The van der Waals surface area contributed by atoms with Crippen LogP contribution in [0.15, 0.2) is 84.6 Å². The molecule has 0 aromatic heterocycles. The predicted octanol–water partition coefficient (Wildman–Crippen LogP) is 4.95. The number of ether oxygens (including phenoxy) is 3. The summed E-state index contributed by atoms with van der Waals surface area (Å²) in [4.78, 5) is 12.5. The standard InChI is InChI=1S/C24H21N3O4/c1-29-21-12-13-23(30-2)22(14-21)27-24(28)17(15-25)16-26-18-8-10-20(11-9-18)31-19-6-4-3-5-7-19/h3-14,16,26H,1-2H3,(H,27,28)/b17-16-. The van der Waals surface area contributed by atoms with Gasteiger partial charge >= 0.3 is 0 Å². The molecular formula is C24H21N3O4. The molecule has 0 atom stereocenters. The summed E-state index contributed by atoms with van der Waals surface area (Å²) in [5, 5.41) is 15.0. The van der Waals surface area contributed by atoms with Crippen molar-refractivity contribution in [2.75, 3.05) is 24.9 Å². The Morgan fingerprint density at radius 3 is 2.23 bits per heavy atom. The average Bonchev–Trinajstić information content (AvgIpc) is 2.81. The fraction of sp³-hybridized carbons (Fsp3) is 0.0833. The number of anilines is 2. The molecule has 7 heteroatoms. The first kappa shape index (κ1) is 21.3. The van der Waals surface area contributed by atoms with Crippen LogP contribution in [-0.4, -0.2) is 20.1 Å². The number of carbonyl (C=O) groups is 1. The summed E-state index contributed by atoms with van der Waals surface area (Å²) < 4.78 is 16.2. The van der Waals surface area contributed by atoms with Crippen molar-refractivity contribution in [2.24, 2.45) is 0 Å². The van der Waals surface area contributed by atoms with Gasteiger partial charge in [-0.3, -0.25) is 4.79 Å². The zero-order chi connectivity index (χ0) is 22.1. The molecule has 0 heterocycles. The van der Waals surface area contributed by atoms with Crippen LogP contribution < -0.4 is 24.8 Å². The fourth-order valence-electron chi connectivity index (χ4n) is 2.65. The van der Waals surface area contributed by atoms with Crippen molar-refractivity contribution in [1.29, 1.82) is 5.26 Å². The van der Waals surface area contributed by atoms with Crippen molar-refractivity contribution in [1.82, 2.24) is 0 Å². The first-order valence-corrected chi connectivity index (χ1v) is 9.36. The number of methoxy groups -OCH3 is 2. The molecule has 0 aliphatic carbocycles. The van der Waals surface area contributed by atoms with Crippen LogP contribution in [0.25, 0.3) is 0 Å². The third kappa shape index (κ3) is 5.78. The number of nitrogens with one attached hydrogen (secondary N) is 2. The SMILES string of the molecule is COc1ccc(OC)c(NC(=O)/C(C#N)=C\Nc2ccc(Oc3ccccc3)cc2)c1. The van der Waals surface area contributed by atoms with E-state index in [9.17, 15) is 10.1 Å². The van der Waals surface area contributed by atoms with E-state index in [1.807, 2.05) is 36.4 Å². The molecule has 0 saturated heterocycles. The summed E-state index contributed by atoms with van der Waals surface area (Å²) in [6, 6.07) is 23.5. The van der Waals surface area contributed by atoms with Gasteiger partial charge < -0.3 is 24.8 Å². The third-order valence-corrected chi connectivity index (χ3v) is 4.24. The fourth-order valence-corrected chi connectivity index (χ4v) is 2.65. The average molecular weight is 415 g/mol. The second-order valence-corrected chi connectivity index (χ2v) is 6.27. The number of nitrogens with zero attached hydrogens (tertiary/aromatic N) is 1. The van der Waals surface area contributed by atoms with Crippen molar-refractivity contribution >= 4 is 17.3 Å². The van der Waals surface area contributed by atoms with Gasteiger partial charge in [0.15, 0.2) is 0 Å². The molecule has 0 aliphatic rings. The molecule has 0 saturated carbocycles. The van der Waals surface area contributed by atoms with Crippen molar-refractivity contribution in [3.8, 4) is 29.1 Å². The van der Waals surface area contributed by atoms with E-state index in [1.54, 1.807) is 42.5 Å². The summed E-state index contributed by atoms with van der Waals surface area (Å²) >= 11 is 0. The lowest BCUT2D eigenvalue weighted by Gasteiger charge is -2.11. The number of para-hydroxylation sites is 1. The molecule has 0 fully saturated rings. The third-order valence-electron chi connectivity index (χ3n) is 4.24. The molecule has 0 unspecified atom stereocenters. The van der Waals surface area contributed by atoms with E-state index >= 15 is 0 Å². The summed E-state index contributed by atoms with van der Waals surface area (Å²) in [7, 11) is 3.01. The molecule has 31 heavy (non-hydrogen) atoms. The molecular weight excluding hydrogens is 394 g/mol.